The van der Waals surface area contributed by atoms with E-state index in [2.05, 4.69) is 4.98 Å². The zero-order valence-electron chi connectivity index (χ0n) is 12.7. The second-order valence-corrected chi connectivity index (χ2v) is 7.02. The Labute approximate surface area is 159 Å². The Morgan fingerprint density at radius 1 is 1.00 bits per heavy atom. The van der Waals surface area contributed by atoms with E-state index in [1.807, 2.05) is 6.07 Å². The molecule has 0 unspecified atom stereocenters. The minimum Gasteiger partial charge on any atom is -0.506 e. The Morgan fingerprint density at radius 2 is 1.67 bits per heavy atom. The average Bonchev–Trinajstić information content (AvgIpc) is 2.73. The van der Waals surface area contributed by atoms with E-state index in [0.717, 1.165) is 17.5 Å². The van der Waals surface area contributed by atoms with Crippen LogP contribution in [0.5, 0.6) is 0 Å². The third kappa shape index (κ3) is 2.46. The van der Waals surface area contributed by atoms with Gasteiger partial charge in [0.1, 0.15) is 16.5 Å². The van der Waals surface area contributed by atoms with Gasteiger partial charge in [-0.3, -0.25) is 0 Å². The van der Waals surface area contributed by atoms with Crippen molar-refractivity contribution in [3.05, 3.63) is 71.5 Å². The molecule has 115 valence electrons. The first-order valence-electron chi connectivity index (χ1n) is 6.83. The van der Waals surface area contributed by atoms with Crippen LogP contribution in [0.2, 0.25) is 0 Å². The first-order valence-corrected chi connectivity index (χ1v) is 8.31. The van der Waals surface area contributed by atoms with E-state index in [-0.39, 0.29) is 56.4 Å². The molecular weight excluding hydrogens is 340 g/mol. The van der Waals surface area contributed by atoms with Crippen LogP contribution in [-0.4, -0.2) is 48.1 Å². The van der Waals surface area contributed by atoms with Crippen molar-refractivity contribution >= 4 is 61.0 Å². The smallest absolute Gasteiger partial charge is 0.228 e. The summed E-state index contributed by atoms with van der Waals surface area (Å²) < 4.78 is 38.6. The molecule has 0 aliphatic carbocycles. The SMILES string of the molecule is O=S1(=O)C(c2ccc(F)cc2)=C(O)c2cc3ccccc3nc21.[Na]. The molecule has 7 heteroatoms. The van der Waals surface area contributed by atoms with E-state index in [0.29, 0.717) is 5.52 Å². The van der Waals surface area contributed by atoms with E-state index in [1.54, 1.807) is 24.3 Å². The Morgan fingerprint density at radius 3 is 2.38 bits per heavy atom. The molecule has 1 aliphatic heterocycles. The number of hydrogen-bond acceptors (Lipinski definition) is 4. The number of aromatic nitrogens is 1. The van der Waals surface area contributed by atoms with E-state index in [1.165, 1.54) is 12.1 Å². The van der Waals surface area contributed by atoms with Crippen LogP contribution in [0.25, 0.3) is 21.6 Å². The van der Waals surface area contributed by atoms with Gasteiger partial charge in [0.2, 0.25) is 9.84 Å². The van der Waals surface area contributed by atoms with E-state index < -0.39 is 15.7 Å². The molecule has 2 heterocycles. The minimum absolute atomic E-state index is 0. The molecule has 0 saturated heterocycles. The molecule has 0 saturated carbocycles. The molecule has 0 amide bonds. The Bertz CT molecular complexity index is 1090. The second-order valence-electron chi connectivity index (χ2n) is 5.22. The molecular formula is C17H10FNNaO3S. The zero-order chi connectivity index (χ0) is 16.2. The van der Waals surface area contributed by atoms with Gasteiger partial charge in [0, 0.05) is 34.9 Å². The van der Waals surface area contributed by atoms with Crippen LogP contribution in [0.15, 0.2) is 59.6 Å². The third-order valence-electron chi connectivity index (χ3n) is 3.79. The van der Waals surface area contributed by atoms with Gasteiger partial charge in [0.25, 0.3) is 0 Å². The van der Waals surface area contributed by atoms with Crippen molar-refractivity contribution in [2.24, 2.45) is 0 Å². The number of aliphatic hydroxyl groups excluding tert-OH is 1. The Balaban J connectivity index is 0.00000169. The number of aliphatic hydroxyl groups is 1. The number of nitrogens with zero attached hydrogens (tertiary/aromatic N) is 1. The molecule has 1 N–H and O–H groups in total. The summed E-state index contributed by atoms with van der Waals surface area (Å²) in [6, 6.07) is 13.6. The number of halogens is 1. The van der Waals surface area contributed by atoms with Gasteiger partial charge < -0.3 is 5.11 Å². The van der Waals surface area contributed by atoms with Crippen LogP contribution in [0, 0.1) is 5.82 Å². The van der Waals surface area contributed by atoms with Gasteiger partial charge in [0.05, 0.1) is 11.1 Å². The largest absolute Gasteiger partial charge is 0.506 e. The van der Waals surface area contributed by atoms with Gasteiger partial charge in [0.15, 0.2) is 5.03 Å². The van der Waals surface area contributed by atoms with E-state index in [4.69, 9.17) is 0 Å². The number of fused-ring (bicyclic) bond motifs is 2. The van der Waals surface area contributed by atoms with E-state index in [9.17, 15) is 17.9 Å². The van der Waals surface area contributed by atoms with Crippen LogP contribution >= 0.6 is 0 Å². The summed E-state index contributed by atoms with van der Waals surface area (Å²) >= 11 is 0. The summed E-state index contributed by atoms with van der Waals surface area (Å²) in [5.41, 5.74) is 0.928. The standard InChI is InChI=1S/C17H10FNO3S.Na/c18-12-7-5-10(6-8-12)16-15(20)13-9-11-3-1-2-4-14(11)19-17(13)23(16,21)22;/h1-9,20H;. The summed E-state index contributed by atoms with van der Waals surface area (Å²) in [6.07, 6.45) is 0. The first kappa shape index (κ1) is 17.1. The molecule has 0 atom stereocenters. The maximum Gasteiger partial charge on any atom is 0.228 e. The molecule has 1 aromatic heterocycles. The summed E-state index contributed by atoms with van der Waals surface area (Å²) in [4.78, 5) is 3.95. The third-order valence-corrected chi connectivity index (χ3v) is 5.58. The van der Waals surface area contributed by atoms with Crippen molar-refractivity contribution in [3.8, 4) is 0 Å². The number of pyridine rings is 1. The molecule has 1 aliphatic rings. The fraction of sp³-hybridized carbons (Fsp3) is 0. The quantitative estimate of drug-likeness (QED) is 0.685. The monoisotopic (exact) mass is 350 g/mol. The van der Waals surface area contributed by atoms with Crippen LogP contribution in [0.3, 0.4) is 0 Å². The number of para-hydroxylation sites is 1. The summed E-state index contributed by atoms with van der Waals surface area (Å²) in [5, 5.41) is 11.0. The maximum absolute atomic E-state index is 13.1. The van der Waals surface area contributed by atoms with Gasteiger partial charge in [-0.05, 0) is 29.8 Å². The number of hydrogen-bond donors (Lipinski definition) is 1. The Hall–Kier alpha value is -1.73. The zero-order valence-corrected chi connectivity index (χ0v) is 15.5. The van der Waals surface area contributed by atoms with Crippen molar-refractivity contribution in [1.29, 1.82) is 0 Å². The molecule has 4 rings (SSSR count). The summed E-state index contributed by atoms with van der Waals surface area (Å²) in [6.45, 7) is 0. The molecule has 1 radical (unpaired) electrons. The molecule has 0 spiro atoms. The van der Waals surface area contributed by atoms with Gasteiger partial charge in [-0.25, -0.2) is 17.8 Å². The molecule has 2 aromatic carbocycles. The van der Waals surface area contributed by atoms with Crippen LogP contribution in [-0.2, 0) is 9.84 Å². The minimum atomic E-state index is -3.96. The predicted molar refractivity (Wildman–Crippen MR) is 90.5 cm³/mol. The molecule has 4 nitrogen and oxygen atoms in total. The normalized spacial score (nSPS) is 15.2. The van der Waals surface area contributed by atoms with Crippen molar-refractivity contribution in [1.82, 2.24) is 4.98 Å². The topological polar surface area (TPSA) is 67.3 Å². The van der Waals surface area contributed by atoms with Crippen LogP contribution in [0.1, 0.15) is 11.1 Å². The average molecular weight is 350 g/mol. The first-order chi connectivity index (χ1) is 11.0. The van der Waals surface area contributed by atoms with Gasteiger partial charge in [-0.15, -0.1) is 0 Å². The van der Waals surface area contributed by atoms with E-state index >= 15 is 0 Å². The van der Waals surface area contributed by atoms with Gasteiger partial charge >= 0.3 is 0 Å². The molecule has 0 fully saturated rings. The van der Waals surface area contributed by atoms with Crippen molar-refractivity contribution in [2.45, 2.75) is 5.03 Å². The van der Waals surface area contributed by atoms with Crippen molar-refractivity contribution in [3.63, 3.8) is 0 Å². The Kier molecular flexibility index (Phi) is 4.25. The van der Waals surface area contributed by atoms with Crippen molar-refractivity contribution in [2.75, 3.05) is 0 Å². The predicted octanol–water partition coefficient (Wildman–Crippen LogP) is 3.16. The fourth-order valence-electron chi connectivity index (χ4n) is 2.71. The molecule has 0 bridgehead atoms. The van der Waals surface area contributed by atoms with Crippen LogP contribution in [0.4, 0.5) is 4.39 Å². The second kappa shape index (κ2) is 5.97. The molecule has 24 heavy (non-hydrogen) atoms. The van der Waals surface area contributed by atoms with Gasteiger partial charge in [-0.1, -0.05) is 30.3 Å². The fourth-order valence-corrected chi connectivity index (χ4v) is 4.38. The summed E-state index contributed by atoms with van der Waals surface area (Å²) in [7, 11) is -3.96. The van der Waals surface area contributed by atoms with Gasteiger partial charge in [-0.2, -0.15) is 0 Å². The van der Waals surface area contributed by atoms with Crippen LogP contribution < -0.4 is 0 Å². The van der Waals surface area contributed by atoms with Crippen molar-refractivity contribution < 1.29 is 17.9 Å². The maximum atomic E-state index is 13.1. The number of rotatable bonds is 1. The summed E-state index contributed by atoms with van der Waals surface area (Å²) in [5.74, 6) is -0.838. The number of benzene rings is 2. The number of sulfone groups is 1. The molecule has 3 aromatic rings.